The topological polar surface area (TPSA) is 75.6 Å². The Labute approximate surface area is 175 Å². The van der Waals surface area contributed by atoms with Gasteiger partial charge in [-0.3, -0.25) is 9.59 Å². The van der Waals surface area contributed by atoms with E-state index >= 15 is 0 Å². The molecule has 1 atom stereocenters. The number of amides is 2. The van der Waals surface area contributed by atoms with E-state index in [1.807, 2.05) is 23.2 Å². The Hall–Kier alpha value is -2.09. The van der Waals surface area contributed by atoms with Crippen molar-refractivity contribution in [2.45, 2.75) is 45.0 Å². The third kappa shape index (κ3) is 4.74. The van der Waals surface area contributed by atoms with Crippen LogP contribution in [0.5, 0.6) is 0 Å². The van der Waals surface area contributed by atoms with E-state index in [1.165, 1.54) is 6.92 Å². The summed E-state index contributed by atoms with van der Waals surface area (Å²) in [6, 6.07) is 6.45. The molecule has 1 aliphatic carbocycles. The van der Waals surface area contributed by atoms with Crippen LogP contribution < -0.4 is 10.6 Å². The number of nitrogens with one attached hydrogen (secondary N) is 2. The van der Waals surface area contributed by atoms with Crippen molar-refractivity contribution in [2.75, 3.05) is 26.2 Å². The fourth-order valence-electron chi connectivity index (χ4n) is 3.81. The van der Waals surface area contributed by atoms with Gasteiger partial charge in [-0.1, -0.05) is 23.7 Å². The summed E-state index contributed by atoms with van der Waals surface area (Å²) in [6.07, 6.45) is 3.59. The van der Waals surface area contributed by atoms with Crippen LogP contribution in [-0.2, 0) is 27.4 Å². The molecule has 2 N–H and O–H groups in total. The number of benzene rings is 1. The van der Waals surface area contributed by atoms with Gasteiger partial charge in [-0.15, -0.1) is 0 Å². The van der Waals surface area contributed by atoms with Crippen LogP contribution in [0.2, 0.25) is 5.02 Å². The molecule has 2 amide bonds. The average molecular weight is 419 g/mol. The molecule has 1 aromatic heterocycles. The van der Waals surface area contributed by atoms with Gasteiger partial charge in [-0.25, -0.2) is 0 Å². The van der Waals surface area contributed by atoms with E-state index in [2.05, 4.69) is 21.3 Å². The Morgan fingerprint density at radius 2 is 2.21 bits per heavy atom. The number of morpholine rings is 1. The average Bonchev–Trinajstić information content (AvgIpc) is 3.51. The molecule has 2 aromatic rings. The van der Waals surface area contributed by atoms with Crippen molar-refractivity contribution in [1.29, 1.82) is 0 Å². The first kappa shape index (κ1) is 20.2. The third-order valence-corrected chi connectivity index (χ3v) is 5.75. The second-order valence-corrected chi connectivity index (χ2v) is 8.17. The minimum atomic E-state index is -0.399. The zero-order chi connectivity index (χ0) is 20.4. The van der Waals surface area contributed by atoms with Crippen molar-refractivity contribution >= 4 is 34.3 Å². The predicted octanol–water partition coefficient (Wildman–Crippen LogP) is 1.91. The molecule has 1 aromatic carbocycles. The van der Waals surface area contributed by atoms with Crippen LogP contribution >= 0.6 is 11.6 Å². The maximum atomic E-state index is 13.0. The van der Waals surface area contributed by atoms with Crippen molar-refractivity contribution in [1.82, 2.24) is 20.1 Å². The number of hydrogen-bond acceptors (Lipinski definition) is 4. The van der Waals surface area contributed by atoms with Gasteiger partial charge >= 0.3 is 0 Å². The van der Waals surface area contributed by atoms with Crippen molar-refractivity contribution < 1.29 is 14.3 Å². The zero-order valence-electron chi connectivity index (χ0n) is 16.6. The molecule has 156 valence electrons. The molecule has 7 nitrogen and oxygen atoms in total. The van der Waals surface area contributed by atoms with Gasteiger partial charge in [0.1, 0.15) is 6.10 Å². The third-order valence-electron chi connectivity index (χ3n) is 5.45. The Morgan fingerprint density at radius 3 is 2.90 bits per heavy atom. The molecule has 2 fully saturated rings. The number of carbonyl (C=O) groups excluding carboxylic acids is 2. The molecule has 1 aliphatic heterocycles. The molecule has 4 rings (SSSR count). The molecule has 0 radical (unpaired) electrons. The van der Waals surface area contributed by atoms with E-state index < -0.39 is 6.10 Å². The van der Waals surface area contributed by atoms with E-state index in [0.717, 1.165) is 35.9 Å². The molecule has 0 bridgehead atoms. The summed E-state index contributed by atoms with van der Waals surface area (Å²) in [5.74, 6) is 0.0186. The van der Waals surface area contributed by atoms with Crippen LogP contribution in [0.4, 0.5) is 0 Å². The number of nitrogens with zero attached hydrogens (tertiary/aromatic N) is 2. The Bertz CT molecular complexity index is 903. The Kier molecular flexibility index (Phi) is 6.08. The van der Waals surface area contributed by atoms with Crippen LogP contribution in [0.3, 0.4) is 0 Å². The fraction of sp³-hybridized carbons (Fsp3) is 0.524. The molecule has 2 heterocycles. The maximum absolute atomic E-state index is 13.0. The molecule has 1 saturated heterocycles. The molecule has 0 spiro atoms. The highest BCUT2D eigenvalue weighted by atomic mass is 35.5. The smallest absolute Gasteiger partial charge is 0.253 e. The Morgan fingerprint density at radius 1 is 1.38 bits per heavy atom. The summed E-state index contributed by atoms with van der Waals surface area (Å²) in [4.78, 5) is 26.1. The molecule has 29 heavy (non-hydrogen) atoms. The van der Waals surface area contributed by atoms with Gasteiger partial charge in [-0.2, -0.15) is 0 Å². The molecule has 8 heteroatoms. The second kappa shape index (κ2) is 8.73. The van der Waals surface area contributed by atoms with Crippen LogP contribution in [0.25, 0.3) is 10.9 Å². The van der Waals surface area contributed by atoms with Crippen molar-refractivity contribution in [3.8, 4) is 0 Å². The number of carbonyl (C=O) groups is 2. The highest BCUT2D eigenvalue weighted by Crippen LogP contribution is 2.31. The lowest BCUT2D eigenvalue weighted by molar-refractivity contribution is -0.146. The lowest BCUT2D eigenvalue weighted by Crippen LogP contribution is -2.49. The van der Waals surface area contributed by atoms with E-state index in [0.29, 0.717) is 43.9 Å². The molecular formula is C21H27ClN4O3. The Balaban J connectivity index is 1.53. The second-order valence-electron chi connectivity index (χ2n) is 7.77. The quantitative estimate of drug-likeness (QED) is 0.720. The first-order valence-electron chi connectivity index (χ1n) is 10.2. The van der Waals surface area contributed by atoms with Crippen molar-refractivity contribution in [2.24, 2.45) is 0 Å². The lowest BCUT2D eigenvalue weighted by atomic mass is 10.1. The number of fused-ring (bicyclic) bond motifs is 1. The van der Waals surface area contributed by atoms with Crippen molar-refractivity contribution in [3.05, 3.63) is 35.0 Å². The molecule has 1 saturated carbocycles. The van der Waals surface area contributed by atoms with Gasteiger partial charge in [0.25, 0.3) is 5.91 Å². The summed E-state index contributed by atoms with van der Waals surface area (Å²) in [7, 11) is 0. The van der Waals surface area contributed by atoms with Gasteiger partial charge in [0.2, 0.25) is 5.91 Å². The number of halogens is 1. The van der Waals surface area contributed by atoms with Gasteiger partial charge in [0, 0.05) is 62.8 Å². The highest BCUT2D eigenvalue weighted by molar-refractivity contribution is 6.35. The van der Waals surface area contributed by atoms with Crippen LogP contribution in [0, 0.1) is 0 Å². The highest BCUT2D eigenvalue weighted by Gasteiger charge is 2.36. The summed E-state index contributed by atoms with van der Waals surface area (Å²) >= 11 is 6.39. The number of hydrogen-bond donors (Lipinski definition) is 2. The molecule has 1 unspecified atom stereocenters. The van der Waals surface area contributed by atoms with E-state index in [1.54, 1.807) is 0 Å². The monoisotopic (exact) mass is 418 g/mol. The number of aromatic nitrogens is 1. The first-order valence-corrected chi connectivity index (χ1v) is 10.5. The fourth-order valence-corrected chi connectivity index (χ4v) is 4.08. The summed E-state index contributed by atoms with van der Waals surface area (Å²) in [5.41, 5.74) is 2.08. The maximum Gasteiger partial charge on any atom is 0.253 e. The molecule has 2 aliphatic rings. The normalized spacial score (nSPS) is 19.3. The van der Waals surface area contributed by atoms with Crippen LogP contribution in [0.1, 0.15) is 25.3 Å². The minimum absolute atomic E-state index is 0.0498. The van der Waals surface area contributed by atoms with Crippen molar-refractivity contribution in [3.63, 3.8) is 0 Å². The zero-order valence-corrected chi connectivity index (χ0v) is 17.4. The summed E-state index contributed by atoms with van der Waals surface area (Å²) < 4.78 is 7.73. The summed E-state index contributed by atoms with van der Waals surface area (Å²) in [6.45, 7) is 5.18. The van der Waals surface area contributed by atoms with Crippen LogP contribution in [0.15, 0.2) is 24.4 Å². The van der Waals surface area contributed by atoms with Gasteiger partial charge in [-0.05, 0) is 24.5 Å². The SMILES string of the molecule is CC(=O)NCCn1cc(Cl)c2ccc(CN(C(=O)C3CNCCO3)C3CC3)cc21. The largest absolute Gasteiger partial charge is 0.366 e. The van der Waals surface area contributed by atoms with Gasteiger partial charge in [0.05, 0.1) is 11.6 Å². The lowest BCUT2D eigenvalue weighted by Gasteiger charge is -2.30. The minimum Gasteiger partial charge on any atom is -0.366 e. The van der Waals surface area contributed by atoms with E-state index in [4.69, 9.17) is 16.3 Å². The predicted molar refractivity (Wildman–Crippen MR) is 112 cm³/mol. The number of rotatable bonds is 7. The van der Waals surface area contributed by atoms with E-state index in [-0.39, 0.29) is 11.8 Å². The van der Waals surface area contributed by atoms with Gasteiger partial charge < -0.3 is 24.8 Å². The van der Waals surface area contributed by atoms with Crippen LogP contribution in [-0.4, -0.2) is 59.7 Å². The van der Waals surface area contributed by atoms with Gasteiger partial charge in [0.15, 0.2) is 0 Å². The van der Waals surface area contributed by atoms with E-state index in [9.17, 15) is 9.59 Å². The first-order chi connectivity index (χ1) is 14.0. The summed E-state index contributed by atoms with van der Waals surface area (Å²) in [5, 5.41) is 7.71. The number of ether oxygens (including phenoxy) is 1. The molecular weight excluding hydrogens is 392 g/mol. The standard InChI is InChI=1S/C21H27ClN4O3/c1-14(27)24-6-8-25-13-18(22)17-5-2-15(10-19(17)25)12-26(16-3-4-16)21(28)20-11-23-7-9-29-20/h2,5,10,13,16,20,23H,3-4,6-9,11-12H2,1H3,(H,24,27).